The maximum atomic E-state index is 4.55. The lowest BCUT2D eigenvalue weighted by atomic mass is 10.1. The number of hydrogen-bond donors (Lipinski definition) is 2. The Bertz CT molecular complexity index is 933. The van der Waals surface area contributed by atoms with Gasteiger partial charge in [0.1, 0.15) is 0 Å². The summed E-state index contributed by atoms with van der Waals surface area (Å²) >= 11 is 0. The monoisotopic (exact) mass is 373 g/mol. The van der Waals surface area contributed by atoms with Crippen LogP contribution in [-0.2, 0) is 13.1 Å². The second-order valence-electron chi connectivity index (χ2n) is 7.26. The summed E-state index contributed by atoms with van der Waals surface area (Å²) in [5.74, 6) is 0.835. The lowest BCUT2D eigenvalue weighted by Crippen LogP contribution is -2.44. The van der Waals surface area contributed by atoms with Gasteiger partial charge >= 0.3 is 0 Å². The number of benzene rings is 2. The lowest BCUT2D eigenvalue weighted by Gasteiger charge is -2.19. The molecule has 2 N–H and O–H groups in total. The highest BCUT2D eigenvalue weighted by atomic mass is 15.2. The second-order valence-corrected chi connectivity index (χ2v) is 7.26. The van der Waals surface area contributed by atoms with Crippen molar-refractivity contribution in [2.24, 2.45) is 4.99 Å². The smallest absolute Gasteiger partial charge is 0.191 e. The second kappa shape index (κ2) is 8.85. The Labute approximate surface area is 166 Å². The highest BCUT2D eigenvalue weighted by Gasteiger charge is 2.23. The molecule has 1 fully saturated rings. The zero-order valence-electron chi connectivity index (χ0n) is 16.3. The van der Waals surface area contributed by atoms with E-state index >= 15 is 0 Å². The number of aliphatic imine (C=N–C) groups is 1. The van der Waals surface area contributed by atoms with E-state index in [1.807, 2.05) is 19.3 Å². The zero-order chi connectivity index (χ0) is 19.2. The van der Waals surface area contributed by atoms with Gasteiger partial charge in [-0.15, -0.1) is 0 Å². The Balaban J connectivity index is 1.31. The molecule has 2 aromatic carbocycles. The molecule has 1 aromatic heterocycles. The van der Waals surface area contributed by atoms with Crippen LogP contribution in [0.5, 0.6) is 0 Å². The van der Waals surface area contributed by atoms with E-state index in [0.29, 0.717) is 12.6 Å². The molecular weight excluding hydrogens is 346 g/mol. The fourth-order valence-electron chi connectivity index (χ4n) is 3.81. The highest BCUT2D eigenvalue weighted by Crippen LogP contribution is 2.16. The summed E-state index contributed by atoms with van der Waals surface area (Å²) in [6.07, 6.45) is 2.99. The summed E-state index contributed by atoms with van der Waals surface area (Å²) in [5.41, 5.74) is 2.41. The SMILES string of the molecule is CN=C(NCc1nccc2ccccc12)NC1CCN(Cc2ccccc2)C1. The molecular formula is C23H27N5. The van der Waals surface area contributed by atoms with Gasteiger partial charge in [-0.05, 0) is 23.4 Å². The van der Waals surface area contributed by atoms with Crippen LogP contribution in [0.1, 0.15) is 17.7 Å². The third kappa shape index (κ3) is 4.49. The Morgan fingerprint density at radius 3 is 2.79 bits per heavy atom. The van der Waals surface area contributed by atoms with Crippen molar-refractivity contribution >= 4 is 16.7 Å². The summed E-state index contributed by atoms with van der Waals surface area (Å²) in [6, 6.07) is 21.5. The maximum absolute atomic E-state index is 4.55. The Morgan fingerprint density at radius 1 is 1.11 bits per heavy atom. The quantitative estimate of drug-likeness (QED) is 0.533. The summed E-state index contributed by atoms with van der Waals surface area (Å²) in [6.45, 7) is 3.79. The Kier molecular flexibility index (Phi) is 5.83. The van der Waals surface area contributed by atoms with E-state index in [1.54, 1.807) is 0 Å². The number of aromatic nitrogens is 1. The number of rotatable bonds is 5. The Hall–Kier alpha value is -2.92. The van der Waals surface area contributed by atoms with Crippen molar-refractivity contribution in [2.75, 3.05) is 20.1 Å². The molecule has 0 amide bonds. The summed E-state index contributed by atoms with van der Waals surface area (Å²) in [5, 5.41) is 9.39. The lowest BCUT2D eigenvalue weighted by molar-refractivity contribution is 0.324. The predicted molar refractivity (Wildman–Crippen MR) is 115 cm³/mol. The van der Waals surface area contributed by atoms with Gasteiger partial charge in [0.15, 0.2) is 5.96 Å². The minimum absolute atomic E-state index is 0.412. The molecule has 4 rings (SSSR count). The number of hydrogen-bond acceptors (Lipinski definition) is 3. The molecule has 1 aliphatic rings. The molecule has 1 saturated heterocycles. The first-order chi connectivity index (χ1) is 13.8. The minimum atomic E-state index is 0.412. The summed E-state index contributed by atoms with van der Waals surface area (Å²) < 4.78 is 0. The van der Waals surface area contributed by atoms with Crippen LogP contribution in [0.3, 0.4) is 0 Å². The highest BCUT2D eigenvalue weighted by molar-refractivity contribution is 5.85. The van der Waals surface area contributed by atoms with Crippen molar-refractivity contribution in [3.63, 3.8) is 0 Å². The van der Waals surface area contributed by atoms with Crippen molar-refractivity contribution in [1.29, 1.82) is 0 Å². The number of pyridine rings is 1. The molecule has 28 heavy (non-hydrogen) atoms. The molecule has 3 aromatic rings. The molecule has 0 radical (unpaired) electrons. The molecule has 0 spiro atoms. The predicted octanol–water partition coefficient (Wildman–Crippen LogP) is 3.17. The number of nitrogens with zero attached hydrogens (tertiary/aromatic N) is 3. The third-order valence-corrected chi connectivity index (χ3v) is 5.27. The van der Waals surface area contributed by atoms with Crippen LogP contribution in [0.4, 0.5) is 0 Å². The van der Waals surface area contributed by atoms with Crippen molar-refractivity contribution in [2.45, 2.75) is 25.6 Å². The molecule has 5 heteroatoms. The fraction of sp³-hybridized carbons (Fsp3) is 0.304. The van der Waals surface area contributed by atoms with E-state index in [9.17, 15) is 0 Å². The van der Waals surface area contributed by atoms with Crippen LogP contribution in [0, 0.1) is 0 Å². The number of likely N-dealkylation sites (tertiary alicyclic amines) is 1. The van der Waals surface area contributed by atoms with E-state index in [1.165, 1.54) is 16.3 Å². The van der Waals surface area contributed by atoms with Crippen molar-refractivity contribution in [3.05, 3.63) is 78.1 Å². The first-order valence-corrected chi connectivity index (χ1v) is 9.88. The maximum Gasteiger partial charge on any atom is 0.191 e. The van der Waals surface area contributed by atoms with Crippen molar-refractivity contribution in [1.82, 2.24) is 20.5 Å². The normalized spacial score (nSPS) is 17.8. The molecule has 0 aliphatic carbocycles. The van der Waals surface area contributed by atoms with E-state index in [0.717, 1.165) is 37.7 Å². The van der Waals surface area contributed by atoms with Gasteiger partial charge in [-0.1, -0.05) is 54.6 Å². The van der Waals surface area contributed by atoms with Gasteiger partial charge in [0.05, 0.1) is 12.2 Å². The number of guanidine groups is 1. The number of nitrogens with one attached hydrogen (secondary N) is 2. The molecule has 1 aliphatic heterocycles. The minimum Gasteiger partial charge on any atom is -0.352 e. The van der Waals surface area contributed by atoms with Gasteiger partial charge in [0, 0.05) is 44.3 Å². The van der Waals surface area contributed by atoms with Crippen LogP contribution >= 0.6 is 0 Å². The third-order valence-electron chi connectivity index (χ3n) is 5.27. The molecule has 1 unspecified atom stereocenters. The van der Waals surface area contributed by atoms with Crippen LogP contribution in [-0.4, -0.2) is 42.0 Å². The fourth-order valence-corrected chi connectivity index (χ4v) is 3.81. The molecule has 1 atom stereocenters. The van der Waals surface area contributed by atoms with Gasteiger partial charge in [-0.2, -0.15) is 0 Å². The Morgan fingerprint density at radius 2 is 1.93 bits per heavy atom. The van der Waals surface area contributed by atoms with Gasteiger partial charge in [-0.3, -0.25) is 14.9 Å². The average Bonchev–Trinajstić information content (AvgIpc) is 3.18. The first-order valence-electron chi connectivity index (χ1n) is 9.88. The summed E-state index contributed by atoms with van der Waals surface area (Å²) in [4.78, 5) is 11.4. The molecule has 144 valence electrons. The van der Waals surface area contributed by atoms with Crippen LogP contribution in [0.25, 0.3) is 10.8 Å². The molecule has 0 saturated carbocycles. The van der Waals surface area contributed by atoms with E-state index in [4.69, 9.17) is 0 Å². The van der Waals surface area contributed by atoms with Gasteiger partial charge < -0.3 is 10.6 Å². The van der Waals surface area contributed by atoms with E-state index in [2.05, 4.69) is 80.1 Å². The summed E-state index contributed by atoms with van der Waals surface area (Å²) in [7, 11) is 1.82. The largest absolute Gasteiger partial charge is 0.352 e. The first kappa shape index (κ1) is 18.4. The molecule has 0 bridgehead atoms. The van der Waals surface area contributed by atoms with Crippen LogP contribution < -0.4 is 10.6 Å². The molecule has 2 heterocycles. The topological polar surface area (TPSA) is 52.6 Å². The van der Waals surface area contributed by atoms with Gasteiger partial charge in [-0.25, -0.2) is 0 Å². The van der Waals surface area contributed by atoms with E-state index in [-0.39, 0.29) is 0 Å². The average molecular weight is 374 g/mol. The zero-order valence-corrected chi connectivity index (χ0v) is 16.3. The van der Waals surface area contributed by atoms with Crippen molar-refractivity contribution < 1.29 is 0 Å². The van der Waals surface area contributed by atoms with Crippen molar-refractivity contribution in [3.8, 4) is 0 Å². The van der Waals surface area contributed by atoms with Crippen LogP contribution in [0.2, 0.25) is 0 Å². The molecule has 5 nitrogen and oxygen atoms in total. The van der Waals surface area contributed by atoms with Gasteiger partial charge in [0.2, 0.25) is 0 Å². The van der Waals surface area contributed by atoms with E-state index < -0.39 is 0 Å². The number of fused-ring (bicyclic) bond motifs is 1. The van der Waals surface area contributed by atoms with Crippen LogP contribution in [0.15, 0.2) is 71.9 Å². The van der Waals surface area contributed by atoms with Gasteiger partial charge in [0.25, 0.3) is 0 Å². The standard InChI is InChI=1S/C23H27N5/c1-24-23(26-15-22-21-10-6-5-9-19(21)11-13-25-22)27-20-12-14-28(17-20)16-18-7-3-2-4-8-18/h2-11,13,20H,12,14-17H2,1H3,(H2,24,26,27).